The molecule has 0 saturated carbocycles. The number of phenolic OH excluding ortho intramolecular Hbond substituents is 1. The van der Waals surface area contributed by atoms with E-state index in [4.69, 9.17) is 10.5 Å². The number of aromatic hydroxyl groups is 1. The highest BCUT2D eigenvalue weighted by Crippen LogP contribution is 2.25. The van der Waals surface area contributed by atoms with Gasteiger partial charge in [0.2, 0.25) is 10.0 Å². The van der Waals surface area contributed by atoms with Crippen molar-refractivity contribution in [3.63, 3.8) is 0 Å². The van der Waals surface area contributed by atoms with Gasteiger partial charge in [-0.1, -0.05) is 6.08 Å². The van der Waals surface area contributed by atoms with Crippen molar-refractivity contribution in [3.8, 4) is 5.75 Å². The summed E-state index contributed by atoms with van der Waals surface area (Å²) in [6.45, 7) is 4.20. The van der Waals surface area contributed by atoms with Crippen LogP contribution in [0.1, 0.15) is 0 Å². The van der Waals surface area contributed by atoms with E-state index in [0.29, 0.717) is 0 Å². The number of sulfonamides is 1. The molecule has 3 N–H and O–H groups in total. The first-order valence-corrected chi connectivity index (χ1v) is 7.06. The molecule has 0 spiro atoms. The Morgan fingerprint density at radius 2 is 2.21 bits per heavy atom. The van der Waals surface area contributed by atoms with Crippen molar-refractivity contribution in [1.29, 1.82) is 0 Å². The van der Waals surface area contributed by atoms with E-state index in [1.807, 2.05) is 0 Å². The number of hydrogen-bond acceptors (Lipinski definition) is 5. The Kier molecular flexibility index (Phi) is 5.34. The molecule has 0 unspecified atom stereocenters. The molecule has 0 bridgehead atoms. The first-order chi connectivity index (χ1) is 8.93. The molecule has 0 atom stereocenters. The average molecular weight is 286 g/mol. The quantitative estimate of drug-likeness (QED) is 0.439. The zero-order valence-electron chi connectivity index (χ0n) is 10.7. The van der Waals surface area contributed by atoms with Gasteiger partial charge in [0.1, 0.15) is 5.75 Å². The minimum atomic E-state index is -3.68. The smallest absolute Gasteiger partial charge is 0.243 e. The molecule has 0 aromatic heterocycles. The van der Waals surface area contributed by atoms with Crippen LogP contribution in [0.15, 0.2) is 35.7 Å². The number of nitrogens with two attached hydrogens (primary N) is 1. The monoisotopic (exact) mass is 286 g/mol. The summed E-state index contributed by atoms with van der Waals surface area (Å²) in [6.07, 6.45) is 1.50. The maximum Gasteiger partial charge on any atom is 0.243 e. The third-order valence-corrected chi connectivity index (χ3v) is 4.38. The number of benzene rings is 1. The van der Waals surface area contributed by atoms with Crippen LogP contribution in [0.2, 0.25) is 0 Å². The number of rotatable bonds is 7. The molecule has 0 aliphatic heterocycles. The Morgan fingerprint density at radius 3 is 2.74 bits per heavy atom. The van der Waals surface area contributed by atoms with Crippen molar-refractivity contribution in [1.82, 2.24) is 4.31 Å². The van der Waals surface area contributed by atoms with Gasteiger partial charge in [0.05, 0.1) is 17.2 Å². The largest absolute Gasteiger partial charge is 0.506 e. The summed E-state index contributed by atoms with van der Waals surface area (Å²) >= 11 is 0. The fourth-order valence-corrected chi connectivity index (χ4v) is 2.92. The average Bonchev–Trinajstić information content (AvgIpc) is 2.37. The van der Waals surface area contributed by atoms with Crippen LogP contribution in [0.25, 0.3) is 0 Å². The summed E-state index contributed by atoms with van der Waals surface area (Å²) in [5, 5.41) is 9.32. The maximum atomic E-state index is 12.4. The van der Waals surface area contributed by atoms with Crippen molar-refractivity contribution in [2.24, 2.45) is 0 Å². The van der Waals surface area contributed by atoms with Crippen LogP contribution >= 0.6 is 0 Å². The molecule has 0 aliphatic carbocycles. The molecular formula is C12H18N2O4S. The summed E-state index contributed by atoms with van der Waals surface area (Å²) in [7, 11) is -2.19. The zero-order valence-corrected chi connectivity index (χ0v) is 11.6. The van der Waals surface area contributed by atoms with E-state index in [1.54, 1.807) is 0 Å². The molecule has 0 heterocycles. The lowest BCUT2D eigenvalue weighted by atomic mass is 10.3. The molecule has 19 heavy (non-hydrogen) atoms. The molecular weight excluding hydrogens is 268 g/mol. The molecule has 106 valence electrons. The van der Waals surface area contributed by atoms with Gasteiger partial charge in [-0.25, -0.2) is 8.42 Å². The fourth-order valence-electron chi connectivity index (χ4n) is 1.49. The molecule has 6 nitrogen and oxygen atoms in total. The normalized spacial score (nSPS) is 11.7. The SMILES string of the molecule is C=CCN(CCOC)S(=O)(=O)c1ccc(O)c(N)c1. The molecule has 7 heteroatoms. The highest BCUT2D eigenvalue weighted by Gasteiger charge is 2.23. The molecule has 0 radical (unpaired) electrons. The summed E-state index contributed by atoms with van der Waals surface area (Å²) in [6, 6.07) is 3.79. The van der Waals surface area contributed by atoms with Crippen LogP contribution in [0.4, 0.5) is 5.69 Å². The summed E-state index contributed by atoms with van der Waals surface area (Å²) in [5.41, 5.74) is 5.53. The third-order valence-electron chi connectivity index (χ3n) is 2.51. The predicted molar refractivity (Wildman–Crippen MR) is 73.4 cm³/mol. The lowest BCUT2D eigenvalue weighted by molar-refractivity contribution is 0.182. The number of methoxy groups -OCH3 is 1. The highest BCUT2D eigenvalue weighted by atomic mass is 32.2. The van der Waals surface area contributed by atoms with E-state index in [-0.39, 0.29) is 36.0 Å². The number of hydrogen-bond donors (Lipinski definition) is 2. The summed E-state index contributed by atoms with van der Waals surface area (Å²) in [4.78, 5) is 0.0285. The number of nitrogens with zero attached hydrogens (tertiary/aromatic N) is 1. The van der Waals surface area contributed by atoms with Crippen LogP contribution in [0.3, 0.4) is 0 Å². The minimum absolute atomic E-state index is 0.0198. The predicted octanol–water partition coefficient (Wildman–Crippen LogP) is 0.798. The van der Waals surface area contributed by atoms with Gasteiger partial charge in [0.15, 0.2) is 0 Å². The van der Waals surface area contributed by atoms with Crippen molar-refractivity contribution in [2.75, 3.05) is 32.5 Å². The first-order valence-electron chi connectivity index (χ1n) is 5.62. The van der Waals surface area contributed by atoms with E-state index in [9.17, 15) is 13.5 Å². The second kappa shape index (κ2) is 6.55. The second-order valence-electron chi connectivity index (χ2n) is 3.87. The van der Waals surface area contributed by atoms with Crippen LogP contribution in [-0.2, 0) is 14.8 Å². The molecule has 1 aromatic rings. The third kappa shape index (κ3) is 3.69. The molecule has 0 saturated heterocycles. The Labute approximate surface area is 113 Å². The Balaban J connectivity index is 3.10. The van der Waals surface area contributed by atoms with E-state index in [2.05, 4.69) is 6.58 Å². The standard InChI is InChI=1S/C12H18N2O4S/c1-3-6-14(7-8-18-2)19(16,17)10-4-5-12(15)11(13)9-10/h3-5,9,15H,1,6-8,13H2,2H3. The fraction of sp³-hybridized carbons (Fsp3) is 0.333. The Bertz CT molecular complexity index is 543. The van der Waals surface area contributed by atoms with E-state index in [0.717, 1.165) is 0 Å². The van der Waals surface area contributed by atoms with Crippen molar-refractivity contribution in [2.45, 2.75) is 4.90 Å². The zero-order chi connectivity index (χ0) is 14.5. The van der Waals surface area contributed by atoms with E-state index in [1.165, 1.54) is 35.7 Å². The van der Waals surface area contributed by atoms with E-state index >= 15 is 0 Å². The van der Waals surface area contributed by atoms with Crippen LogP contribution in [0, 0.1) is 0 Å². The van der Waals surface area contributed by atoms with Crippen LogP contribution < -0.4 is 5.73 Å². The lowest BCUT2D eigenvalue weighted by Gasteiger charge is -2.20. The molecule has 1 rings (SSSR count). The van der Waals surface area contributed by atoms with Crippen molar-refractivity contribution >= 4 is 15.7 Å². The topological polar surface area (TPSA) is 92.9 Å². The van der Waals surface area contributed by atoms with Gasteiger partial charge < -0.3 is 15.6 Å². The molecule has 0 fully saturated rings. The number of anilines is 1. The first kappa shape index (κ1) is 15.5. The van der Waals surface area contributed by atoms with Gasteiger partial charge in [-0.15, -0.1) is 6.58 Å². The van der Waals surface area contributed by atoms with Gasteiger partial charge in [-0.2, -0.15) is 4.31 Å². The van der Waals surface area contributed by atoms with Gasteiger partial charge in [0, 0.05) is 20.2 Å². The van der Waals surface area contributed by atoms with Crippen molar-refractivity contribution in [3.05, 3.63) is 30.9 Å². The Hall–Kier alpha value is -1.57. The second-order valence-corrected chi connectivity index (χ2v) is 5.80. The molecule has 0 amide bonds. The number of nitrogen functional groups attached to an aromatic ring is 1. The van der Waals surface area contributed by atoms with Gasteiger partial charge >= 0.3 is 0 Å². The van der Waals surface area contributed by atoms with Crippen LogP contribution in [-0.4, -0.2) is 44.6 Å². The van der Waals surface area contributed by atoms with Crippen molar-refractivity contribution < 1.29 is 18.3 Å². The number of ether oxygens (including phenoxy) is 1. The molecule has 1 aromatic carbocycles. The molecule has 0 aliphatic rings. The summed E-state index contributed by atoms with van der Waals surface area (Å²) < 4.78 is 30.9. The summed E-state index contributed by atoms with van der Waals surface area (Å²) in [5.74, 6) is -0.147. The highest BCUT2D eigenvalue weighted by molar-refractivity contribution is 7.89. The lowest BCUT2D eigenvalue weighted by Crippen LogP contribution is -2.34. The minimum Gasteiger partial charge on any atom is -0.506 e. The van der Waals surface area contributed by atoms with Gasteiger partial charge in [-0.05, 0) is 18.2 Å². The maximum absolute atomic E-state index is 12.4. The van der Waals surface area contributed by atoms with Crippen LogP contribution in [0.5, 0.6) is 5.75 Å². The van der Waals surface area contributed by atoms with Gasteiger partial charge in [0.25, 0.3) is 0 Å². The van der Waals surface area contributed by atoms with E-state index < -0.39 is 10.0 Å². The van der Waals surface area contributed by atoms with Gasteiger partial charge in [-0.3, -0.25) is 0 Å². The number of phenols is 1. The Morgan fingerprint density at radius 1 is 1.53 bits per heavy atom.